The first kappa shape index (κ1) is 37.2. The molecule has 5 fully saturated rings. The summed E-state index contributed by atoms with van der Waals surface area (Å²) in [5, 5.41) is 51.4. The van der Waals surface area contributed by atoms with E-state index in [0.29, 0.717) is 25.7 Å². The van der Waals surface area contributed by atoms with Crippen LogP contribution in [0.15, 0.2) is 12.2 Å². The average molecular weight is 655 g/mol. The fourth-order valence-electron chi connectivity index (χ4n) is 10.2. The fraction of sp³-hybridized carbons (Fsp3) is 0.935. The molecule has 11 nitrogen and oxygen atoms in total. The second-order valence-corrected chi connectivity index (χ2v) is 15.9. The van der Waals surface area contributed by atoms with Gasteiger partial charge in [0.05, 0.1) is 31.5 Å². The summed E-state index contributed by atoms with van der Waals surface area (Å²) in [6.45, 7) is 8.56. The summed E-state index contributed by atoms with van der Waals surface area (Å²) in [7, 11) is -4.93. The quantitative estimate of drug-likeness (QED) is 0.0909. The number of rotatable bonds is 8. The van der Waals surface area contributed by atoms with Crippen LogP contribution in [0.5, 0.6) is 0 Å². The van der Waals surface area contributed by atoms with E-state index in [1.807, 2.05) is 13.0 Å². The molecule has 0 unspecified atom stereocenters. The van der Waals surface area contributed by atoms with E-state index in [-0.39, 0.29) is 95.0 Å². The van der Waals surface area contributed by atoms with Crippen molar-refractivity contribution in [3.8, 4) is 0 Å². The molecule has 248 valence electrons. The molecule has 0 bridgehead atoms. The molecule has 44 heavy (non-hydrogen) atoms. The van der Waals surface area contributed by atoms with Crippen LogP contribution in [-0.4, -0.2) is 94.6 Å². The molecule has 0 radical (unpaired) electrons. The summed E-state index contributed by atoms with van der Waals surface area (Å²) in [6.07, 6.45) is 2.30. The molecule has 4 aliphatic carbocycles. The standard InChI is InChI=1S/C31H52O11S.Na/c1-16(14-40-29-28(36)27(35)24(34)15-41-29)5-6-17(2)21-13-25(42-43(37,38)39)26-19-12-23(33)22-11-18(32)7-9-30(22,3)20(19)8-10-31(21,26)4;/h5-6,16-29,32-36H,7-15H2,1-4H3,(H,37,38,39);/q;+1/p-1/b6-5+;/t16-,17-,18+,19+,20-,21-,22-,23+,24-,25+,26-,27+,28-,29-,30-,31-;/m1./s1. The summed E-state index contributed by atoms with van der Waals surface area (Å²) in [4.78, 5) is 0. The largest absolute Gasteiger partial charge is 1.00 e. The number of allylic oxidation sites excluding steroid dienone is 1. The molecule has 16 atom stereocenters. The third-order valence-electron chi connectivity index (χ3n) is 12.3. The van der Waals surface area contributed by atoms with Gasteiger partial charge in [0.2, 0.25) is 10.4 Å². The van der Waals surface area contributed by atoms with Crippen molar-refractivity contribution in [3.63, 3.8) is 0 Å². The molecule has 0 aromatic carbocycles. The Morgan fingerprint density at radius 3 is 2.30 bits per heavy atom. The number of aliphatic hydroxyl groups is 5. The zero-order chi connectivity index (χ0) is 31.5. The number of aliphatic hydroxyl groups excluding tert-OH is 5. The molecule has 5 N–H and O–H groups in total. The van der Waals surface area contributed by atoms with Crippen LogP contribution < -0.4 is 29.6 Å². The predicted molar refractivity (Wildman–Crippen MR) is 154 cm³/mol. The van der Waals surface area contributed by atoms with Gasteiger partial charge >= 0.3 is 29.6 Å². The van der Waals surface area contributed by atoms with Gasteiger partial charge in [-0.25, -0.2) is 8.42 Å². The average Bonchev–Trinajstić information content (AvgIpc) is 3.22. The molecule has 1 heterocycles. The first-order valence-electron chi connectivity index (χ1n) is 16.0. The van der Waals surface area contributed by atoms with Crippen LogP contribution in [0.25, 0.3) is 0 Å². The van der Waals surface area contributed by atoms with Crippen molar-refractivity contribution in [1.29, 1.82) is 0 Å². The maximum absolute atomic E-state index is 11.9. The Balaban J connectivity index is 0.00000442. The number of hydrogen-bond donors (Lipinski definition) is 5. The van der Waals surface area contributed by atoms with E-state index in [4.69, 9.17) is 13.7 Å². The van der Waals surface area contributed by atoms with Crippen molar-refractivity contribution in [2.45, 2.75) is 116 Å². The first-order chi connectivity index (χ1) is 20.0. The summed E-state index contributed by atoms with van der Waals surface area (Å²) in [5.41, 5.74) is -0.458. The van der Waals surface area contributed by atoms with E-state index in [0.717, 1.165) is 19.3 Å². The monoisotopic (exact) mass is 654 g/mol. The van der Waals surface area contributed by atoms with Crippen molar-refractivity contribution in [1.82, 2.24) is 0 Å². The first-order valence-corrected chi connectivity index (χ1v) is 17.3. The summed E-state index contributed by atoms with van der Waals surface area (Å²) < 4.78 is 52.1. The second-order valence-electron chi connectivity index (χ2n) is 14.9. The van der Waals surface area contributed by atoms with Gasteiger partial charge in [-0.15, -0.1) is 0 Å². The van der Waals surface area contributed by atoms with Gasteiger partial charge in [0.25, 0.3) is 0 Å². The van der Waals surface area contributed by atoms with E-state index in [9.17, 15) is 38.5 Å². The predicted octanol–water partition coefficient (Wildman–Crippen LogP) is -1.28. The molecule has 0 aromatic heterocycles. The summed E-state index contributed by atoms with van der Waals surface area (Å²) in [5.74, 6) is 0.0921. The SMILES string of the molecule is C[C@H](/C=C/[C@@H](C)[C@H]1C[C@H](OS(=O)(=O)[O-])[C@H]2[C@H]3C[C@H](O)[C@H]4C[C@@H](O)CC[C@]4(C)[C@@H]3CC[C@@]21C)CO[C@@H]1OC[C@@H](O)[C@H](O)[C@H]1O.[Na+]. The molecule has 5 aliphatic rings. The minimum atomic E-state index is -4.93. The van der Waals surface area contributed by atoms with Crippen molar-refractivity contribution >= 4 is 10.4 Å². The van der Waals surface area contributed by atoms with Gasteiger partial charge in [-0.05, 0) is 97.2 Å². The summed E-state index contributed by atoms with van der Waals surface area (Å²) >= 11 is 0. The molecule has 5 rings (SSSR count). The molecule has 1 saturated heterocycles. The Bertz CT molecular complexity index is 1120. The van der Waals surface area contributed by atoms with Gasteiger partial charge in [-0.1, -0.05) is 39.8 Å². The molecular formula is C31H51NaO11S. The third-order valence-corrected chi connectivity index (χ3v) is 12.8. The van der Waals surface area contributed by atoms with Crippen LogP contribution in [0.1, 0.15) is 72.6 Å². The van der Waals surface area contributed by atoms with Gasteiger partial charge in [0, 0.05) is 0 Å². The number of ether oxygens (including phenoxy) is 2. The second kappa shape index (κ2) is 14.1. The normalized spacial score (nSPS) is 49.0. The topological polar surface area (TPSA) is 186 Å². The van der Waals surface area contributed by atoms with E-state index >= 15 is 0 Å². The van der Waals surface area contributed by atoms with E-state index in [1.165, 1.54) is 0 Å². The number of fused-ring (bicyclic) bond motifs is 5. The van der Waals surface area contributed by atoms with Gasteiger partial charge in [-0.3, -0.25) is 4.18 Å². The fourth-order valence-corrected chi connectivity index (χ4v) is 10.7. The molecular weight excluding hydrogens is 603 g/mol. The van der Waals surface area contributed by atoms with Gasteiger partial charge in [-0.2, -0.15) is 0 Å². The van der Waals surface area contributed by atoms with Crippen LogP contribution >= 0.6 is 0 Å². The molecule has 0 spiro atoms. The summed E-state index contributed by atoms with van der Waals surface area (Å²) in [6, 6.07) is 0. The number of hydrogen-bond acceptors (Lipinski definition) is 11. The maximum atomic E-state index is 11.9. The molecule has 13 heteroatoms. The van der Waals surface area contributed by atoms with Crippen LogP contribution in [0, 0.1) is 52.3 Å². The third kappa shape index (κ3) is 7.18. The van der Waals surface area contributed by atoms with Crippen molar-refractivity contribution < 1.29 is 81.7 Å². The van der Waals surface area contributed by atoms with E-state index < -0.39 is 53.3 Å². The minimum Gasteiger partial charge on any atom is -0.726 e. The van der Waals surface area contributed by atoms with Crippen molar-refractivity contribution in [3.05, 3.63) is 12.2 Å². The Kier molecular flexibility index (Phi) is 11.9. The van der Waals surface area contributed by atoms with Crippen LogP contribution in [0.3, 0.4) is 0 Å². The van der Waals surface area contributed by atoms with Gasteiger partial charge in [0.1, 0.15) is 18.3 Å². The zero-order valence-corrected chi connectivity index (χ0v) is 29.5. The Morgan fingerprint density at radius 2 is 1.61 bits per heavy atom. The van der Waals surface area contributed by atoms with Gasteiger partial charge in [0.15, 0.2) is 6.29 Å². The van der Waals surface area contributed by atoms with E-state index in [2.05, 4.69) is 26.8 Å². The van der Waals surface area contributed by atoms with E-state index in [1.54, 1.807) is 0 Å². The minimum absolute atomic E-state index is 0. The molecule has 4 saturated carbocycles. The maximum Gasteiger partial charge on any atom is 1.00 e. The van der Waals surface area contributed by atoms with Crippen molar-refractivity contribution in [2.24, 2.45) is 52.3 Å². The van der Waals surface area contributed by atoms with Crippen LogP contribution in [0.2, 0.25) is 0 Å². The molecule has 1 aliphatic heterocycles. The van der Waals surface area contributed by atoms with Crippen LogP contribution in [0.4, 0.5) is 0 Å². The van der Waals surface area contributed by atoms with Crippen LogP contribution in [-0.2, 0) is 24.1 Å². The molecule has 0 aromatic rings. The smallest absolute Gasteiger partial charge is 0.726 e. The Labute approximate surface area is 284 Å². The molecule has 0 amide bonds. The van der Waals surface area contributed by atoms with Gasteiger partial charge < -0.3 is 39.6 Å². The van der Waals surface area contributed by atoms with Crippen molar-refractivity contribution in [2.75, 3.05) is 13.2 Å². The zero-order valence-electron chi connectivity index (χ0n) is 26.7. The Morgan fingerprint density at radius 1 is 0.932 bits per heavy atom. The Hall–Kier alpha value is 0.330.